The number of imide groups is 1. The summed E-state index contributed by atoms with van der Waals surface area (Å²) < 4.78 is 21.1. The quantitative estimate of drug-likeness (QED) is 0.621. The molecule has 0 bridgehead atoms. The van der Waals surface area contributed by atoms with Gasteiger partial charge in [0.1, 0.15) is 5.54 Å². The molecule has 1 atom stereocenters. The predicted octanol–water partition coefficient (Wildman–Crippen LogP) is 1.79. The van der Waals surface area contributed by atoms with Crippen molar-refractivity contribution >= 4 is 17.7 Å². The van der Waals surface area contributed by atoms with Crippen LogP contribution in [0.25, 0.3) is 0 Å². The Bertz CT molecular complexity index is 1070. The van der Waals surface area contributed by atoms with Gasteiger partial charge in [-0.3, -0.25) is 14.5 Å². The molecular weight excluding hydrogens is 380 g/mol. The van der Waals surface area contributed by atoms with Gasteiger partial charge in [-0.15, -0.1) is 0 Å². The third kappa shape index (κ3) is 2.65. The van der Waals surface area contributed by atoms with E-state index in [2.05, 4.69) is 5.32 Å². The average molecular weight is 396 g/mol. The van der Waals surface area contributed by atoms with Gasteiger partial charge in [-0.05, 0) is 42.8 Å². The molecule has 1 N–H and O–H groups in total. The Balaban J connectivity index is 1.38. The van der Waals surface area contributed by atoms with E-state index in [-0.39, 0.29) is 25.9 Å². The number of carbonyl (C=O) groups is 3. The highest BCUT2D eigenvalue weighted by Crippen LogP contribution is 2.38. The average Bonchev–Trinajstić information content (AvgIpc) is 3.42. The molecule has 0 aliphatic carbocycles. The summed E-state index contributed by atoms with van der Waals surface area (Å²) in [6, 6.07) is 9.13. The maximum atomic E-state index is 13.1. The normalized spacial score (nSPS) is 21.5. The Kier molecular flexibility index (Phi) is 3.67. The molecule has 2 aromatic rings. The van der Waals surface area contributed by atoms with E-state index < -0.39 is 17.5 Å². The number of carbonyl (C=O) groups excluding carboxylic acids is 3. The van der Waals surface area contributed by atoms with Crippen molar-refractivity contribution in [1.82, 2.24) is 10.2 Å². The molecule has 0 unspecified atom stereocenters. The Morgan fingerprint density at radius 2 is 1.59 bits per heavy atom. The van der Waals surface area contributed by atoms with Crippen LogP contribution in [0.4, 0.5) is 4.79 Å². The van der Waals surface area contributed by atoms with Gasteiger partial charge in [-0.2, -0.15) is 0 Å². The van der Waals surface area contributed by atoms with Crippen molar-refractivity contribution in [3.05, 3.63) is 47.5 Å². The number of amides is 3. The maximum Gasteiger partial charge on any atom is 0.325 e. The number of hydrogen-bond acceptors (Lipinski definition) is 7. The topological polar surface area (TPSA) is 103 Å². The fraction of sp³-hybridized carbons (Fsp3) is 0.250. The number of fused-ring (bicyclic) bond motifs is 2. The summed E-state index contributed by atoms with van der Waals surface area (Å²) in [5.41, 5.74) is -0.447. The molecule has 29 heavy (non-hydrogen) atoms. The Morgan fingerprint density at radius 3 is 2.31 bits per heavy atom. The van der Waals surface area contributed by atoms with Crippen LogP contribution in [0.5, 0.6) is 23.0 Å². The van der Waals surface area contributed by atoms with Gasteiger partial charge in [-0.25, -0.2) is 4.79 Å². The van der Waals surface area contributed by atoms with Crippen molar-refractivity contribution in [3.63, 3.8) is 0 Å². The van der Waals surface area contributed by atoms with Crippen LogP contribution in [0, 0.1) is 0 Å². The lowest BCUT2D eigenvalue weighted by Gasteiger charge is -2.22. The zero-order valence-corrected chi connectivity index (χ0v) is 15.4. The summed E-state index contributed by atoms with van der Waals surface area (Å²) in [6.07, 6.45) is 0. The lowest BCUT2D eigenvalue weighted by atomic mass is 9.91. The molecule has 0 aromatic heterocycles. The highest BCUT2D eigenvalue weighted by Gasteiger charge is 2.50. The van der Waals surface area contributed by atoms with E-state index in [1.807, 2.05) is 0 Å². The van der Waals surface area contributed by atoms with Crippen molar-refractivity contribution in [3.8, 4) is 23.0 Å². The van der Waals surface area contributed by atoms with Crippen molar-refractivity contribution in [2.45, 2.75) is 12.5 Å². The van der Waals surface area contributed by atoms with Crippen LogP contribution in [-0.2, 0) is 10.3 Å². The molecule has 1 fully saturated rings. The molecule has 0 radical (unpaired) electrons. The maximum absolute atomic E-state index is 13.1. The summed E-state index contributed by atoms with van der Waals surface area (Å²) in [7, 11) is 0. The van der Waals surface area contributed by atoms with Gasteiger partial charge < -0.3 is 24.3 Å². The van der Waals surface area contributed by atoms with Gasteiger partial charge in [0.25, 0.3) is 5.91 Å². The summed E-state index contributed by atoms with van der Waals surface area (Å²) >= 11 is 0. The molecule has 2 aromatic carbocycles. The van der Waals surface area contributed by atoms with Gasteiger partial charge in [0.15, 0.2) is 28.8 Å². The minimum atomic E-state index is -1.31. The molecule has 3 aliphatic rings. The van der Waals surface area contributed by atoms with Crippen LogP contribution in [0.1, 0.15) is 22.8 Å². The van der Waals surface area contributed by atoms with Crippen LogP contribution in [0.2, 0.25) is 0 Å². The monoisotopic (exact) mass is 396 g/mol. The van der Waals surface area contributed by atoms with Gasteiger partial charge in [0.2, 0.25) is 13.6 Å². The van der Waals surface area contributed by atoms with Crippen molar-refractivity contribution in [2.24, 2.45) is 0 Å². The molecule has 148 valence electrons. The number of hydrogen-bond donors (Lipinski definition) is 1. The Labute approximate surface area is 165 Å². The molecule has 0 saturated carbocycles. The molecule has 3 aliphatic heterocycles. The zero-order valence-electron chi connectivity index (χ0n) is 15.4. The number of urea groups is 1. The first-order chi connectivity index (χ1) is 14.0. The Morgan fingerprint density at radius 1 is 0.966 bits per heavy atom. The molecule has 5 rings (SSSR count). The second-order valence-corrected chi connectivity index (χ2v) is 7.01. The summed E-state index contributed by atoms with van der Waals surface area (Å²) in [5, 5.41) is 2.68. The second-order valence-electron chi connectivity index (χ2n) is 7.01. The minimum absolute atomic E-state index is 0.0912. The number of ether oxygens (including phenoxy) is 4. The Hall–Kier alpha value is -3.75. The van der Waals surface area contributed by atoms with Crippen molar-refractivity contribution in [2.75, 3.05) is 20.1 Å². The van der Waals surface area contributed by atoms with E-state index in [9.17, 15) is 14.4 Å². The first-order valence-electron chi connectivity index (χ1n) is 8.93. The molecule has 1 saturated heterocycles. The van der Waals surface area contributed by atoms with Gasteiger partial charge >= 0.3 is 6.03 Å². The summed E-state index contributed by atoms with van der Waals surface area (Å²) in [4.78, 5) is 39.2. The summed E-state index contributed by atoms with van der Waals surface area (Å²) in [6.45, 7) is 1.40. The van der Waals surface area contributed by atoms with E-state index in [1.165, 1.54) is 0 Å². The van der Waals surface area contributed by atoms with Gasteiger partial charge in [-0.1, -0.05) is 6.07 Å². The summed E-state index contributed by atoms with van der Waals surface area (Å²) in [5.74, 6) is 1.17. The molecule has 0 spiro atoms. The van der Waals surface area contributed by atoms with Crippen LogP contribution in [0.3, 0.4) is 0 Å². The van der Waals surface area contributed by atoms with E-state index in [1.54, 1.807) is 43.3 Å². The standard InChI is InChI=1S/C20H16N2O7/c1-20(12-3-5-15-17(7-12)29-10-27-15)18(24)22(19(25)21-20)8-13(23)11-2-4-14-16(6-11)28-9-26-14/h2-7H,8-10H2,1H3,(H,21,25)/t20-/m0/s1. The van der Waals surface area contributed by atoms with Crippen molar-refractivity contribution in [1.29, 1.82) is 0 Å². The van der Waals surface area contributed by atoms with Crippen LogP contribution in [-0.4, -0.2) is 42.8 Å². The largest absolute Gasteiger partial charge is 0.454 e. The molecule has 3 amide bonds. The number of Topliss-reactive ketones (excluding diaryl/α,β-unsaturated/α-hetero) is 1. The number of benzene rings is 2. The highest BCUT2D eigenvalue weighted by atomic mass is 16.7. The highest BCUT2D eigenvalue weighted by molar-refractivity contribution is 6.11. The molecule has 9 heteroatoms. The smallest absolute Gasteiger partial charge is 0.325 e. The zero-order chi connectivity index (χ0) is 20.2. The lowest BCUT2D eigenvalue weighted by Crippen LogP contribution is -2.41. The van der Waals surface area contributed by atoms with Crippen molar-refractivity contribution < 1.29 is 33.3 Å². The molecular formula is C20H16N2O7. The predicted molar refractivity (Wildman–Crippen MR) is 97.1 cm³/mol. The fourth-order valence-electron chi connectivity index (χ4n) is 3.55. The van der Waals surface area contributed by atoms with Gasteiger partial charge in [0, 0.05) is 5.56 Å². The molecule has 3 heterocycles. The van der Waals surface area contributed by atoms with Crippen LogP contribution >= 0.6 is 0 Å². The van der Waals surface area contributed by atoms with E-state index in [0.717, 1.165) is 4.90 Å². The second kappa shape index (κ2) is 6.13. The third-order valence-corrected chi connectivity index (χ3v) is 5.22. The van der Waals surface area contributed by atoms with E-state index >= 15 is 0 Å². The number of nitrogens with one attached hydrogen (secondary N) is 1. The van der Waals surface area contributed by atoms with E-state index in [0.29, 0.717) is 34.1 Å². The van der Waals surface area contributed by atoms with E-state index in [4.69, 9.17) is 18.9 Å². The fourth-order valence-corrected chi connectivity index (χ4v) is 3.55. The first kappa shape index (κ1) is 17.4. The SMILES string of the molecule is C[C@@]1(c2ccc3c(c2)OCO3)NC(=O)N(CC(=O)c2ccc3c(c2)OCO3)C1=O. The van der Waals surface area contributed by atoms with Crippen LogP contribution in [0.15, 0.2) is 36.4 Å². The number of nitrogens with zero attached hydrogens (tertiary/aromatic N) is 1. The minimum Gasteiger partial charge on any atom is -0.454 e. The molecule has 9 nitrogen and oxygen atoms in total. The third-order valence-electron chi connectivity index (χ3n) is 5.22. The first-order valence-corrected chi connectivity index (χ1v) is 8.93. The van der Waals surface area contributed by atoms with Gasteiger partial charge in [0.05, 0.1) is 6.54 Å². The number of rotatable bonds is 4. The number of ketones is 1. The van der Waals surface area contributed by atoms with Crippen LogP contribution < -0.4 is 24.3 Å². The lowest BCUT2D eigenvalue weighted by molar-refractivity contribution is -0.130.